The van der Waals surface area contributed by atoms with E-state index in [9.17, 15) is 4.79 Å². The number of carbonyl (C=O) groups is 1. The molecule has 41 heavy (non-hydrogen) atoms. The lowest BCUT2D eigenvalue weighted by Crippen LogP contribution is -2.18. The maximum Gasteiger partial charge on any atom is 0.255 e. The molecule has 1 amide bonds. The van der Waals surface area contributed by atoms with E-state index in [4.69, 9.17) is 14.5 Å². The molecule has 1 saturated heterocycles. The van der Waals surface area contributed by atoms with Crippen molar-refractivity contribution in [1.29, 1.82) is 0 Å². The van der Waals surface area contributed by atoms with Gasteiger partial charge < -0.3 is 25.0 Å². The van der Waals surface area contributed by atoms with Gasteiger partial charge in [0.1, 0.15) is 17.8 Å². The topological polar surface area (TPSA) is 93.5 Å². The van der Waals surface area contributed by atoms with Crippen LogP contribution in [0.15, 0.2) is 67.1 Å². The lowest BCUT2D eigenvalue weighted by atomic mass is 10.1. The summed E-state index contributed by atoms with van der Waals surface area (Å²) in [6, 6.07) is 15.6. The molecule has 212 valence electrons. The minimum Gasteiger partial charge on any atom is -0.492 e. The van der Waals surface area contributed by atoms with E-state index in [0.717, 1.165) is 78.3 Å². The summed E-state index contributed by atoms with van der Waals surface area (Å²) < 4.78 is 13.9. The van der Waals surface area contributed by atoms with Crippen LogP contribution >= 0.6 is 0 Å². The molecule has 1 fully saturated rings. The lowest BCUT2D eigenvalue weighted by Gasteiger charge is -2.22. The highest BCUT2D eigenvalue weighted by molar-refractivity contribution is 6.04. The van der Waals surface area contributed by atoms with E-state index in [1.54, 1.807) is 0 Å². The fourth-order valence-corrected chi connectivity index (χ4v) is 5.39. The molecule has 0 aliphatic carbocycles. The van der Waals surface area contributed by atoms with E-state index < -0.39 is 0 Å². The third-order valence-electron chi connectivity index (χ3n) is 7.45. The molecule has 0 spiro atoms. The van der Waals surface area contributed by atoms with Crippen LogP contribution in [0.5, 0.6) is 5.75 Å². The zero-order valence-corrected chi connectivity index (χ0v) is 23.6. The molecule has 4 heterocycles. The molecule has 1 unspecified atom stereocenters. The molecule has 4 aromatic rings. The largest absolute Gasteiger partial charge is 0.492 e. The summed E-state index contributed by atoms with van der Waals surface area (Å²) in [5.74, 6) is 1.55. The van der Waals surface area contributed by atoms with Crippen molar-refractivity contribution in [3.8, 4) is 16.9 Å². The molecule has 9 heteroatoms. The minimum absolute atomic E-state index is 0.00505. The molecule has 2 aromatic carbocycles. The quantitative estimate of drug-likeness (QED) is 0.283. The van der Waals surface area contributed by atoms with E-state index >= 15 is 0 Å². The number of anilines is 2. The first-order valence-corrected chi connectivity index (χ1v) is 14.2. The van der Waals surface area contributed by atoms with Gasteiger partial charge in [0.2, 0.25) is 0 Å². The van der Waals surface area contributed by atoms with Crippen molar-refractivity contribution in [3.63, 3.8) is 0 Å². The molecule has 0 saturated carbocycles. The monoisotopic (exact) mass is 552 g/mol. The van der Waals surface area contributed by atoms with E-state index in [1.807, 2.05) is 85.9 Å². The molecule has 2 aliphatic rings. The van der Waals surface area contributed by atoms with Crippen LogP contribution in [0.3, 0.4) is 0 Å². The Kier molecular flexibility index (Phi) is 7.98. The Morgan fingerprint density at radius 2 is 1.95 bits per heavy atom. The molecule has 2 aliphatic heterocycles. The number of amides is 1. The number of rotatable bonds is 9. The minimum atomic E-state index is -0.128. The van der Waals surface area contributed by atoms with Gasteiger partial charge in [-0.2, -0.15) is 5.10 Å². The molecule has 6 rings (SSSR count). The average Bonchev–Trinajstić information content (AvgIpc) is 3.68. The van der Waals surface area contributed by atoms with Crippen molar-refractivity contribution in [3.05, 3.63) is 89.4 Å². The van der Waals surface area contributed by atoms with Crippen molar-refractivity contribution in [2.24, 2.45) is 0 Å². The fraction of sp³-hybridized carbons (Fsp3) is 0.344. The van der Waals surface area contributed by atoms with Gasteiger partial charge in [-0.1, -0.05) is 24.3 Å². The normalized spacial score (nSPS) is 16.3. The van der Waals surface area contributed by atoms with Gasteiger partial charge in [-0.15, -0.1) is 0 Å². The molecule has 2 aromatic heterocycles. The summed E-state index contributed by atoms with van der Waals surface area (Å²) in [6.07, 6.45) is 9.77. The van der Waals surface area contributed by atoms with Crippen LogP contribution in [-0.4, -0.2) is 52.9 Å². The summed E-state index contributed by atoms with van der Waals surface area (Å²) in [5, 5.41) is 11.1. The second kappa shape index (κ2) is 12.1. The van der Waals surface area contributed by atoms with Gasteiger partial charge in [0.05, 0.1) is 12.8 Å². The average molecular weight is 553 g/mol. The highest BCUT2D eigenvalue weighted by atomic mass is 16.5. The molecular formula is C32H36N6O3. The Morgan fingerprint density at radius 3 is 2.76 bits per heavy atom. The summed E-state index contributed by atoms with van der Waals surface area (Å²) in [5.41, 5.74) is 6.59. The zero-order chi connectivity index (χ0) is 28.2. The van der Waals surface area contributed by atoms with Gasteiger partial charge in [0, 0.05) is 66.5 Å². The van der Waals surface area contributed by atoms with Crippen molar-refractivity contribution in [2.75, 3.05) is 37.9 Å². The van der Waals surface area contributed by atoms with Crippen molar-refractivity contribution >= 4 is 17.4 Å². The first-order valence-electron chi connectivity index (χ1n) is 14.2. The number of hydrogen-bond acceptors (Lipinski definition) is 7. The van der Waals surface area contributed by atoms with Crippen LogP contribution in [0.1, 0.15) is 52.5 Å². The van der Waals surface area contributed by atoms with Crippen LogP contribution in [0.2, 0.25) is 0 Å². The van der Waals surface area contributed by atoms with Crippen LogP contribution in [0, 0.1) is 0 Å². The van der Waals surface area contributed by atoms with E-state index in [0.29, 0.717) is 18.7 Å². The van der Waals surface area contributed by atoms with E-state index in [2.05, 4.69) is 20.6 Å². The fourth-order valence-electron chi connectivity index (χ4n) is 5.39. The summed E-state index contributed by atoms with van der Waals surface area (Å²) in [4.78, 5) is 19.7. The number of carbonyl (C=O) groups excluding carboxylic acids is 1. The molecule has 2 N–H and O–H groups in total. The number of fused-ring (bicyclic) bond motifs is 1. The predicted molar refractivity (Wildman–Crippen MR) is 159 cm³/mol. The van der Waals surface area contributed by atoms with Gasteiger partial charge in [-0.25, -0.2) is 9.67 Å². The number of hydrogen-bond donors (Lipinski definition) is 2. The van der Waals surface area contributed by atoms with Gasteiger partial charge in [0.25, 0.3) is 5.91 Å². The number of pyridine rings is 1. The Labute approximate surface area is 240 Å². The smallest absolute Gasteiger partial charge is 0.255 e. The van der Waals surface area contributed by atoms with Gasteiger partial charge >= 0.3 is 0 Å². The van der Waals surface area contributed by atoms with Gasteiger partial charge in [-0.05, 0) is 68.8 Å². The van der Waals surface area contributed by atoms with Crippen LogP contribution in [0.4, 0.5) is 11.5 Å². The van der Waals surface area contributed by atoms with Gasteiger partial charge in [-0.3, -0.25) is 4.79 Å². The zero-order valence-electron chi connectivity index (χ0n) is 23.6. The Bertz CT molecular complexity index is 1510. The third-order valence-corrected chi connectivity index (χ3v) is 7.45. The first-order chi connectivity index (χ1) is 20.0. The van der Waals surface area contributed by atoms with Crippen LogP contribution in [-0.2, 0) is 24.2 Å². The predicted octanol–water partition coefficient (Wildman–Crippen LogP) is 5.51. The number of ether oxygens (including phenoxy) is 2. The van der Waals surface area contributed by atoms with E-state index in [1.165, 1.54) is 5.56 Å². The van der Waals surface area contributed by atoms with E-state index in [-0.39, 0.29) is 12.1 Å². The lowest BCUT2D eigenvalue weighted by molar-refractivity contribution is -0.0394. The Balaban J connectivity index is 1.11. The van der Waals surface area contributed by atoms with Crippen molar-refractivity contribution in [2.45, 2.75) is 45.0 Å². The van der Waals surface area contributed by atoms with Crippen LogP contribution in [0.25, 0.3) is 11.1 Å². The molecule has 1 atom stereocenters. The number of aromatic nitrogens is 3. The molecule has 0 bridgehead atoms. The summed E-state index contributed by atoms with van der Waals surface area (Å²) >= 11 is 0. The Hall–Kier alpha value is -4.21. The highest BCUT2D eigenvalue weighted by Crippen LogP contribution is 2.40. The standard InChI is InChI=1S/C32H36N6O3/c1-37(2)20-22-9-11-24(12-10-22)32(39)36-26-7-5-6-23(16-26)17-33-31-27-13-15-41-30(27)28(19-34-31)25-18-35-38(21-25)29-8-3-4-14-40-29/h5-7,9-12,16,18-19,21,29H,3-4,8,13-15,17,20H2,1-2H3,(H,33,34)(H,36,39). The summed E-state index contributed by atoms with van der Waals surface area (Å²) in [6.45, 7) is 2.81. The SMILES string of the molecule is CN(C)Cc1ccc(C(=O)Nc2cccc(CNc3ncc(-c4cnn(C5CCCCO5)c4)c4c3CCO4)c2)cc1. The summed E-state index contributed by atoms with van der Waals surface area (Å²) in [7, 11) is 4.05. The third kappa shape index (κ3) is 6.26. The molecular weight excluding hydrogens is 516 g/mol. The van der Waals surface area contributed by atoms with Crippen molar-refractivity contribution < 1.29 is 14.3 Å². The first kappa shape index (κ1) is 27.0. The number of benzene rings is 2. The number of nitrogens with zero attached hydrogens (tertiary/aromatic N) is 4. The number of nitrogens with one attached hydrogen (secondary N) is 2. The van der Waals surface area contributed by atoms with Crippen LogP contribution < -0.4 is 15.4 Å². The molecule has 9 nitrogen and oxygen atoms in total. The maximum absolute atomic E-state index is 12.8. The van der Waals surface area contributed by atoms with Crippen molar-refractivity contribution in [1.82, 2.24) is 19.7 Å². The highest BCUT2D eigenvalue weighted by Gasteiger charge is 2.24. The maximum atomic E-state index is 12.8. The molecule has 0 radical (unpaired) electrons. The second-order valence-electron chi connectivity index (χ2n) is 10.9. The van der Waals surface area contributed by atoms with Gasteiger partial charge in [0.15, 0.2) is 0 Å². The Morgan fingerprint density at radius 1 is 1.07 bits per heavy atom. The second-order valence-corrected chi connectivity index (χ2v) is 10.9.